The topological polar surface area (TPSA) is 276 Å². The van der Waals surface area contributed by atoms with Gasteiger partial charge in [0.2, 0.25) is 0 Å². The summed E-state index contributed by atoms with van der Waals surface area (Å²) in [4.78, 5) is 48.4. The molecule has 39 heavy (non-hydrogen) atoms. The number of thiazole rings is 1. The van der Waals surface area contributed by atoms with Crippen molar-refractivity contribution < 1.29 is 42.0 Å². The van der Waals surface area contributed by atoms with Crippen LogP contribution in [0.4, 0.5) is 9.93 Å². The molecule has 0 spiro atoms. The first kappa shape index (κ1) is 29.4. The summed E-state index contributed by atoms with van der Waals surface area (Å²) in [6, 6.07) is -2.94. The van der Waals surface area contributed by atoms with E-state index in [0.29, 0.717) is 0 Å². The molecule has 0 aliphatic carbocycles. The number of cyclic esters (lactones) is 1. The number of hydrogen-bond acceptors (Lipinski definition) is 13. The molecule has 0 unspecified atom stereocenters. The molecule has 3 heterocycles. The maximum absolute atomic E-state index is 13.2. The van der Waals surface area contributed by atoms with Gasteiger partial charge in [-0.1, -0.05) is 11.7 Å². The maximum Gasteiger partial charge on any atom is 0.410 e. The Morgan fingerprint density at radius 3 is 2.67 bits per heavy atom. The van der Waals surface area contributed by atoms with Gasteiger partial charge in [-0.15, -0.1) is 11.3 Å². The number of amides is 3. The highest BCUT2D eigenvalue weighted by atomic mass is 32.2. The van der Waals surface area contributed by atoms with Crippen LogP contribution in [-0.4, -0.2) is 105 Å². The molecule has 18 nitrogen and oxygen atoms in total. The van der Waals surface area contributed by atoms with Crippen LogP contribution >= 0.6 is 11.3 Å². The molecule has 3 atom stereocenters. The van der Waals surface area contributed by atoms with E-state index in [-0.39, 0.29) is 34.2 Å². The highest BCUT2D eigenvalue weighted by molar-refractivity contribution is 7.84. The second kappa shape index (κ2) is 10.9. The van der Waals surface area contributed by atoms with E-state index in [1.165, 1.54) is 19.2 Å². The van der Waals surface area contributed by atoms with Crippen molar-refractivity contribution in [1.82, 2.24) is 24.8 Å². The fraction of sp³-hybridized carbons (Fsp3) is 0.474. The minimum Gasteiger partial charge on any atom is -0.509 e. The van der Waals surface area contributed by atoms with Crippen LogP contribution in [0.5, 0.6) is 0 Å². The predicted molar refractivity (Wildman–Crippen MR) is 136 cm³/mol. The Morgan fingerprint density at radius 1 is 1.46 bits per heavy atom. The van der Waals surface area contributed by atoms with Crippen LogP contribution in [0.25, 0.3) is 0 Å². The molecule has 2 aliphatic rings. The molecular formula is C19H27N9O9S2. The Labute approximate surface area is 226 Å². The number of nitrogens with zero attached hydrogens (tertiary/aromatic N) is 4. The zero-order valence-electron chi connectivity index (χ0n) is 20.7. The lowest BCUT2D eigenvalue weighted by Crippen LogP contribution is -2.74. The van der Waals surface area contributed by atoms with E-state index in [4.69, 9.17) is 26.5 Å². The Hall–Kier alpha value is -4.17. The van der Waals surface area contributed by atoms with Gasteiger partial charge >= 0.3 is 16.4 Å². The number of oxime groups is 1. The van der Waals surface area contributed by atoms with Crippen molar-refractivity contribution in [2.75, 3.05) is 25.4 Å². The van der Waals surface area contributed by atoms with E-state index < -0.39 is 70.0 Å². The summed E-state index contributed by atoms with van der Waals surface area (Å²) in [6.45, 7) is 5.66. The standard InChI is InChI=1S/C19H27N9O9S2/c1-8(29)19(2,3)37-26-12(10-7-38-17(22)24-10)14(30)25-13-11(28(15(13)31)39(33,34)35)6-27-5-9(36-18(27)32)4-23-16(20)21/h7,9,11,13,29H,1,4-6H2,2-3H3,(H2,22,24)(H,25,30)(H4,20,21,23)(H,33,34,35)/b26-12-/t9-,11+,13-/m0/s1. The molecule has 214 valence electrons. The molecule has 2 saturated heterocycles. The SMILES string of the molecule is C=C(O)C(C)(C)O/N=C(\C(=O)N[C@@H]1C(=O)N(S(=O)(=O)O)[C@@H]1CN1C[C@H](CNC(=N)N)OC1=O)c1csc(N)n1. The lowest BCUT2D eigenvalue weighted by atomic mass is 9.97. The summed E-state index contributed by atoms with van der Waals surface area (Å²) in [5.41, 5.74) is 8.93. The summed E-state index contributed by atoms with van der Waals surface area (Å²) < 4.78 is 38.5. The van der Waals surface area contributed by atoms with Gasteiger partial charge in [0.05, 0.1) is 19.1 Å². The number of guanidine groups is 1. The number of ether oxygens (including phenoxy) is 1. The molecule has 0 saturated carbocycles. The van der Waals surface area contributed by atoms with Crippen molar-refractivity contribution in [3.63, 3.8) is 0 Å². The molecule has 3 rings (SSSR count). The van der Waals surface area contributed by atoms with Crippen molar-refractivity contribution in [3.8, 4) is 0 Å². The Kier molecular flexibility index (Phi) is 8.22. The average Bonchev–Trinajstić information content (AvgIpc) is 3.39. The molecule has 0 radical (unpaired) electrons. The minimum absolute atomic E-state index is 0.00342. The Bertz CT molecular complexity index is 1330. The minimum atomic E-state index is -5.06. The van der Waals surface area contributed by atoms with E-state index >= 15 is 0 Å². The molecular weight excluding hydrogens is 562 g/mol. The highest BCUT2D eigenvalue weighted by Crippen LogP contribution is 2.27. The van der Waals surface area contributed by atoms with Crippen molar-refractivity contribution in [3.05, 3.63) is 23.4 Å². The van der Waals surface area contributed by atoms with E-state index in [0.717, 1.165) is 16.2 Å². The Balaban J connectivity index is 1.83. The zero-order chi connectivity index (χ0) is 29.3. The third-order valence-corrected chi connectivity index (χ3v) is 7.24. The highest BCUT2D eigenvalue weighted by Gasteiger charge is 2.55. The number of carbonyl (C=O) groups is 3. The smallest absolute Gasteiger partial charge is 0.410 e. The van der Waals surface area contributed by atoms with Crippen molar-refractivity contribution in [2.24, 2.45) is 10.9 Å². The summed E-state index contributed by atoms with van der Waals surface area (Å²) in [7, 11) is -5.06. The monoisotopic (exact) mass is 589 g/mol. The molecule has 9 N–H and O–H groups in total. The number of aliphatic hydroxyl groups excluding tert-OH is 1. The lowest BCUT2D eigenvalue weighted by Gasteiger charge is -2.45. The van der Waals surface area contributed by atoms with Crippen LogP contribution in [0.3, 0.4) is 0 Å². The second-order valence-corrected chi connectivity index (χ2v) is 11.1. The van der Waals surface area contributed by atoms with Crippen LogP contribution in [0.15, 0.2) is 22.9 Å². The number of anilines is 1. The van der Waals surface area contributed by atoms with Crippen molar-refractivity contribution in [2.45, 2.75) is 37.6 Å². The first-order chi connectivity index (χ1) is 18.0. The maximum atomic E-state index is 13.2. The predicted octanol–water partition coefficient (Wildman–Crippen LogP) is -1.90. The van der Waals surface area contributed by atoms with Gasteiger partial charge in [0, 0.05) is 11.9 Å². The van der Waals surface area contributed by atoms with E-state index in [9.17, 15) is 32.5 Å². The van der Waals surface area contributed by atoms with Crippen molar-refractivity contribution in [1.29, 1.82) is 5.41 Å². The average molecular weight is 590 g/mol. The van der Waals surface area contributed by atoms with Crippen LogP contribution in [0, 0.1) is 5.41 Å². The Morgan fingerprint density at radius 2 is 2.13 bits per heavy atom. The van der Waals surface area contributed by atoms with Gasteiger partial charge in [-0.05, 0) is 13.8 Å². The van der Waals surface area contributed by atoms with E-state index in [1.807, 2.05) is 0 Å². The molecule has 0 aromatic carbocycles. The number of nitrogen functional groups attached to an aromatic ring is 1. The van der Waals surface area contributed by atoms with E-state index in [1.54, 1.807) is 0 Å². The van der Waals surface area contributed by atoms with Crippen LogP contribution in [0.1, 0.15) is 19.5 Å². The summed E-state index contributed by atoms with van der Waals surface area (Å²) in [5.74, 6) is -2.98. The van der Waals surface area contributed by atoms with Crippen LogP contribution < -0.4 is 22.1 Å². The number of rotatable bonds is 11. The molecule has 1 aromatic rings. The van der Waals surface area contributed by atoms with E-state index in [2.05, 4.69) is 27.4 Å². The van der Waals surface area contributed by atoms with Gasteiger partial charge in [0.15, 0.2) is 22.4 Å². The molecule has 3 amide bonds. The second-order valence-electron chi connectivity index (χ2n) is 8.89. The van der Waals surface area contributed by atoms with Gasteiger partial charge in [0.1, 0.15) is 23.6 Å². The van der Waals surface area contributed by atoms with Gasteiger partial charge in [-0.3, -0.25) is 19.6 Å². The number of carbonyl (C=O) groups excluding carboxylic acids is 3. The molecule has 2 fully saturated rings. The number of aromatic nitrogens is 1. The van der Waals surface area contributed by atoms with Crippen LogP contribution in [0.2, 0.25) is 0 Å². The normalized spacial score (nSPS) is 21.7. The number of nitrogens with two attached hydrogens (primary N) is 2. The molecule has 0 bridgehead atoms. The first-order valence-electron chi connectivity index (χ1n) is 11.0. The lowest BCUT2D eigenvalue weighted by molar-refractivity contribution is -0.145. The number of nitrogens with one attached hydrogen (secondary N) is 3. The molecule has 1 aromatic heterocycles. The quantitative estimate of drug-likeness (QED) is 0.0371. The fourth-order valence-electron chi connectivity index (χ4n) is 3.44. The van der Waals surface area contributed by atoms with Gasteiger partial charge in [-0.25, -0.2) is 14.1 Å². The summed E-state index contributed by atoms with van der Waals surface area (Å²) in [6.07, 6.45) is -1.61. The number of hydrogen-bond donors (Lipinski definition) is 7. The third kappa shape index (κ3) is 6.64. The van der Waals surface area contributed by atoms with Gasteiger partial charge < -0.3 is 41.7 Å². The first-order valence-corrected chi connectivity index (χ1v) is 13.3. The number of aliphatic hydroxyl groups is 1. The number of β-lactam (4-membered cyclic amide) rings is 1. The van der Waals surface area contributed by atoms with Crippen LogP contribution in [-0.2, 0) is 29.5 Å². The summed E-state index contributed by atoms with van der Waals surface area (Å²) in [5, 5.41) is 26.9. The largest absolute Gasteiger partial charge is 0.509 e. The molecule has 20 heteroatoms. The van der Waals surface area contributed by atoms with Crippen molar-refractivity contribution >= 4 is 56.4 Å². The zero-order valence-corrected chi connectivity index (χ0v) is 22.3. The van der Waals surface area contributed by atoms with Gasteiger partial charge in [-0.2, -0.15) is 8.42 Å². The summed E-state index contributed by atoms with van der Waals surface area (Å²) >= 11 is 0.972. The fourth-order valence-corrected chi connectivity index (χ4v) is 4.86. The third-order valence-electron chi connectivity index (χ3n) is 5.62. The van der Waals surface area contributed by atoms with Gasteiger partial charge in [0.25, 0.3) is 11.8 Å². The molecule has 2 aliphatic heterocycles.